The quantitative estimate of drug-likeness (QED) is 0.325. The van der Waals surface area contributed by atoms with E-state index in [9.17, 15) is 9.18 Å². The summed E-state index contributed by atoms with van der Waals surface area (Å²) in [6, 6.07) is 3.16. The van der Waals surface area contributed by atoms with Gasteiger partial charge in [-0.15, -0.1) is 0 Å². The summed E-state index contributed by atoms with van der Waals surface area (Å²) in [4.78, 5) is 32.0. The molecule has 1 amide bonds. The fraction of sp³-hybridized carbons (Fsp3) is 0.370. The van der Waals surface area contributed by atoms with Crippen LogP contribution in [0.2, 0.25) is 5.02 Å². The third-order valence-electron chi connectivity index (χ3n) is 7.36. The molecule has 2 aliphatic rings. The number of ether oxygens (including phenoxy) is 3. The third kappa shape index (κ3) is 5.11. The second-order valence-electron chi connectivity index (χ2n) is 9.94. The molecule has 0 saturated carbocycles. The van der Waals surface area contributed by atoms with Crippen molar-refractivity contribution in [3.05, 3.63) is 48.0 Å². The van der Waals surface area contributed by atoms with Crippen LogP contribution in [0.5, 0.6) is 17.6 Å². The maximum atomic E-state index is 14.6. The molecule has 14 heteroatoms. The molecule has 2 aliphatic heterocycles. The zero-order valence-electron chi connectivity index (χ0n) is 22.5. The number of carbonyl (C=O) groups excluding carboxylic acids is 1. The number of aromatic nitrogens is 5. The molecular weight excluding hydrogens is 555 g/mol. The molecule has 3 aromatic heterocycles. The average Bonchev–Trinajstić information content (AvgIpc) is 3.60. The Balaban J connectivity index is 1.43. The van der Waals surface area contributed by atoms with Crippen molar-refractivity contribution in [1.82, 2.24) is 34.9 Å². The molecule has 2 saturated heterocycles. The molecule has 0 radical (unpaired) electrons. The summed E-state index contributed by atoms with van der Waals surface area (Å²) < 4.78 is 32.7. The fourth-order valence-corrected chi connectivity index (χ4v) is 5.43. The van der Waals surface area contributed by atoms with Gasteiger partial charge in [-0.3, -0.25) is 14.8 Å². The number of methoxy groups -OCH3 is 1. The number of amides is 1. The van der Waals surface area contributed by atoms with Crippen LogP contribution in [0.4, 0.5) is 10.2 Å². The van der Waals surface area contributed by atoms with Crippen LogP contribution in [0.1, 0.15) is 0 Å². The number of anilines is 1. The van der Waals surface area contributed by atoms with Crippen molar-refractivity contribution < 1.29 is 23.4 Å². The van der Waals surface area contributed by atoms with E-state index in [0.717, 1.165) is 0 Å². The smallest absolute Gasteiger partial charge is 0.319 e. The number of piperazine rings is 1. The van der Waals surface area contributed by atoms with Gasteiger partial charge in [-0.25, -0.2) is 9.37 Å². The zero-order valence-corrected chi connectivity index (χ0v) is 23.3. The number of aromatic amines is 1. The summed E-state index contributed by atoms with van der Waals surface area (Å²) in [5.41, 5.74) is 0.777. The average molecular weight is 583 g/mol. The van der Waals surface area contributed by atoms with Gasteiger partial charge in [-0.05, 0) is 19.2 Å². The van der Waals surface area contributed by atoms with Crippen LogP contribution >= 0.6 is 11.6 Å². The molecule has 2 atom stereocenters. The highest BCUT2D eigenvalue weighted by Gasteiger charge is 2.34. The number of rotatable bonds is 7. The van der Waals surface area contributed by atoms with Gasteiger partial charge < -0.3 is 24.0 Å². The van der Waals surface area contributed by atoms with Crippen LogP contribution in [-0.2, 0) is 9.53 Å². The summed E-state index contributed by atoms with van der Waals surface area (Å²) >= 11 is 6.33. The number of carbonyl (C=O) groups is 1. The van der Waals surface area contributed by atoms with Gasteiger partial charge in [-0.2, -0.15) is 15.1 Å². The lowest BCUT2D eigenvalue weighted by Crippen LogP contribution is -2.48. The zero-order chi connectivity index (χ0) is 28.7. The number of fused-ring (bicyclic) bond motifs is 2. The molecule has 1 aromatic carbocycles. The largest absolute Gasteiger partial charge is 0.456 e. The Morgan fingerprint density at radius 1 is 1.20 bits per heavy atom. The first kappa shape index (κ1) is 27.1. The molecule has 1 N–H and O–H groups in total. The molecule has 5 heterocycles. The minimum absolute atomic E-state index is 0.0615. The van der Waals surface area contributed by atoms with Gasteiger partial charge in [0.2, 0.25) is 11.8 Å². The molecule has 4 aromatic rings. The van der Waals surface area contributed by atoms with Gasteiger partial charge in [0, 0.05) is 58.6 Å². The van der Waals surface area contributed by atoms with Crippen molar-refractivity contribution in [2.75, 3.05) is 58.3 Å². The topological polar surface area (TPSA) is 122 Å². The summed E-state index contributed by atoms with van der Waals surface area (Å²) in [6.07, 6.45) is 3.91. The van der Waals surface area contributed by atoms with Crippen molar-refractivity contribution in [2.45, 2.75) is 12.2 Å². The number of H-pyrrole nitrogens is 1. The first-order valence-electron chi connectivity index (χ1n) is 13.1. The number of benzene rings is 1. The van der Waals surface area contributed by atoms with Gasteiger partial charge in [0.15, 0.2) is 5.75 Å². The Labute approximate surface area is 239 Å². The van der Waals surface area contributed by atoms with Gasteiger partial charge in [0.1, 0.15) is 34.4 Å². The van der Waals surface area contributed by atoms with E-state index >= 15 is 0 Å². The summed E-state index contributed by atoms with van der Waals surface area (Å²) in [5, 5.41) is 7.65. The Hall–Kier alpha value is -4.07. The highest BCUT2D eigenvalue weighted by molar-refractivity contribution is 6.33. The minimum Gasteiger partial charge on any atom is -0.456 e. The molecule has 0 spiro atoms. The van der Waals surface area contributed by atoms with Crippen LogP contribution in [-0.4, -0.2) is 106 Å². The number of nitrogens with zero attached hydrogens (tertiary/aromatic N) is 7. The summed E-state index contributed by atoms with van der Waals surface area (Å²) in [6.45, 7) is 6.98. The molecule has 0 aliphatic carbocycles. The fourth-order valence-electron chi connectivity index (χ4n) is 5.23. The molecule has 2 fully saturated rings. The maximum Gasteiger partial charge on any atom is 0.319 e. The van der Waals surface area contributed by atoms with Crippen LogP contribution in [0.3, 0.4) is 0 Å². The standard InChI is InChI=1S/C27H28ClFN8O4/c1-4-21(38)36-7-9-37(10-8-36)25-15-5-6-30-26(41-24-16-12-31-34-18(16)11-17(29)22(24)28)23(15)32-27(33-25)40-20-14-35(2)13-19(20)39-3/h4-6,11-12,19-20H,1,7-10,13-14H2,2-3H3,(H,31,34)/t19-,20-/m0/s1. The highest BCUT2D eigenvalue weighted by Crippen LogP contribution is 2.40. The highest BCUT2D eigenvalue weighted by atomic mass is 35.5. The Bertz CT molecular complexity index is 1630. The Morgan fingerprint density at radius 2 is 1.98 bits per heavy atom. The van der Waals surface area contributed by atoms with Crippen molar-refractivity contribution in [2.24, 2.45) is 0 Å². The van der Waals surface area contributed by atoms with Crippen LogP contribution in [0, 0.1) is 5.82 Å². The molecule has 12 nitrogen and oxygen atoms in total. The van der Waals surface area contributed by atoms with E-state index in [4.69, 9.17) is 35.8 Å². The number of nitrogens with one attached hydrogen (secondary N) is 1. The molecule has 6 rings (SSSR count). The van der Waals surface area contributed by atoms with E-state index in [2.05, 4.69) is 31.6 Å². The molecule has 0 unspecified atom stereocenters. The van der Waals surface area contributed by atoms with Gasteiger partial charge in [-0.1, -0.05) is 18.2 Å². The van der Waals surface area contributed by atoms with Crippen LogP contribution in [0.15, 0.2) is 37.2 Å². The van der Waals surface area contributed by atoms with Crippen molar-refractivity contribution in [1.29, 1.82) is 0 Å². The van der Waals surface area contributed by atoms with E-state index in [1.165, 1.54) is 18.3 Å². The van der Waals surface area contributed by atoms with Crippen LogP contribution < -0.4 is 14.4 Å². The monoisotopic (exact) mass is 582 g/mol. The van der Waals surface area contributed by atoms with Crippen molar-refractivity contribution in [3.63, 3.8) is 0 Å². The number of pyridine rings is 1. The first-order chi connectivity index (χ1) is 19.9. The van der Waals surface area contributed by atoms with E-state index in [1.54, 1.807) is 24.3 Å². The van der Waals surface area contributed by atoms with E-state index in [-0.39, 0.29) is 40.8 Å². The second-order valence-corrected chi connectivity index (χ2v) is 10.3. The number of likely N-dealkylation sites (N-methyl/N-ethyl adjacent to an activating group) is 1. The number of likely N-dealkylation sites (tertiary alicyclic amines) is 1. The predicted molar refractivity (Wildman–Crippen MR) is 150 cm³/mol. The lowest BCUT2D eigenvalue weighted by Gasteiger charge is -2.35. The lowest BCUT2D eigenvalue weighted by molar-refractivity contribution is -0.126. The molecule has 214 valence electrons. The number of hydrogen-bond acceptors (Lipinski definition) is 10. The third-order valence-corrected chi connectivity index (χ3v) is 7.71. The summed E-state index contributed by atoms with van der Waals surface area (Å²) in [7, 11) is 3.63. The van der Waals surface area contributed by atoms with Gasteiger partial charge >= 0.3 is 6.01 Å². The summed E-state index contributed by atoms with van der Waals surface area (Å²) in [5.74, 6) is -0.0256. The van der Waals surface area contributed by atoms with E-state index in [1.807, 2.05) is 7.05 Å². The minimum atomic E-state index is -0.666. The molecule has 0 bridgehead atoms. The van der Waals surface area contributed by atoms with Gasteiger partial charge in [0.05, 0.1) is 22.5 Å². The Morgan fingerprint density at radius 3 is 2.73 bits per heavy atom. The van der Waals surface area contributed by atoms with E-state index < -0.39 is 5.82 Å². The Kier molecular flexibility index (Phi) is 7.32. The number of hydrogen-bond donors (Lipinski definition) is 1. The SMILES string of the molecule is C=CC(=O)N1CCN(c2nc(O[C@H]3CN(C)C[C@@H]3OC)nc3c(Oc4c(Cl)c(F)cc5[nH]ncc45)nccc23)CC1. The van der Waals surface area contributed by atoms with Gasteiger partial charge in [0.25, 0.3) is 0 Å². The number of halogens is 2. The van der Waals surface area contributed by atoms with Crippen LogP contribution in [0.25, 0.3) is 21.8 Å². The molecule has 41 heavy (non-hydrogen) atoms. The van der Waals surface area contributed by atoms with E-state index in [0.29, 0.717) is 66.9 Å². The lowest BCUT2D eigenvalue weighted by atomic mass is 10.2. The van der Waals surface area contributed by atoms with Crippen molar-refractivity contribution in [3.8, 4) is 17.6 Å². The van der Waals surface area contributed by atoms with Crippen molar-refractivity contribution >= 4 is 45.1 Å². The molecular formula is C27H28ClFN8O4. The maximum absolute atomic E-state index is 14.6. The predicted octanol–water partition coefficient (Wildman–Crippen LogP) is 3.03. The first-order valence-corrected chi connectivity index (χ1v) is 13.4. The normalized spacial score (nSPS) is 19.7. The second kappa shape index (κ2) is 11.1.